The summed E-state index contributed by atoms with van der Waals surface area (Å²) in [6, 6.07) is 16.3. The van der Waals surface area contributed by atoms with Gasteiger partial charge in [0.2, 0.25) is 6.29 Å². The Morgan fingerprint density at radius 3 is 2.27 bits per heavy atom. The Balaban J connectivity index is 1.47. The lowest BCUT2D eigenvalue weighted by Gasteiger charge is -2.39. The molecule has 0 saturated carbocycles. The van der Waals surface area contributed by atoms with E-state index in [2.05, 4.69) is 0 Å². The quantitative estimate of drug-likeness (QED) is 0.458. The molecule has 0 bridgehead atoms. The van der Waals surface area contributed by atoms with Crippen LogP contribution in [-0.2, 0) is 27.3 Å². The minimum absolute atomic E-state index is 0.236. The van der Waals surface area contributed by atoms with Crippen LogP contribution < -0.4 is 4.74 Å². The lowest BCUT2D eigenvalue weighted by atomic mass is 9.99. The molecular weight excluding hydrogens is 392 g/mol. The monoisotopic (exact) mass is 418 g/mol. The summed E-state index contributed by atoms with van der Waals surface area (Å²) in [7, 11) is 0. The minimum Gasteiger partial charge on any atom is -0.462 e. The molecule has 162 valence electrons. The summed E-state index contributed by atoms with van der Waals surface area (Å²) >= 11 is 0. The van der Waals surface area contributed by atoms with Gasteiger partial charge < -0.3 is 34.6 Å². The molecule has 2 aromatic carbocycles. The third kappa shape index (κ3) is 5.78. The second kappa shape index (κ2) is 10.5. The molecule has 0 aromatic heterocycles. The fourth-order valence-corrected chi connectivity index (χ4v) is 3.09. The van der Waals surface area contributed by atoms with Crippen molar-refractivity contribution >= 4 is 5.97 Å². The normalized spacial score (nSPS) is 26.2. The van der Waals surface area contributed by atoms with Crippen molar-refractivity contribution < 1.29 is 39.4 Å². The Bertz CT molecular complexity index is 793. The van der Waals surface area contributed by atoms with Gasteiger partial charge in [-0.2, -0.15) is 0 Å². The van der Waals surface area contributed by atoms with Crippen LogP contribution in [0.25, 0.3) is 0 Å². The van der Waals surface area contributed by atoms with E-state index in [1.165, 1.54) is 0 Å². The van der Waals surface area contributed by atoms with Gasteiger partial charge in [0.15, 0.2) is 0 Å². The fourth-order valence-electron chi connectivity index (χ4n) is 3.09. The molecule has 1 aliphatic heterocycles. The van der Waals surface area contributed by atoms with Gasteiger partial charge in [-0.05, 0) is 29.7 Å². The highest BCUT2D eigenvalue weighted by molar-refractivity contribution is 5.69. The summed E-state index contributed by atoms with van der Waals surface area (Å²) in [6.07, 6.45) is -5.94. The largest absolute Gasteiger partial charge is 0.462 e. The van der Waals surface area contributed by atoms with Gasteiger partial charge in [-0.15, -0.1) is 0 Å². The molecule has 1 aliphatic rings. The van der Waals surface area contributed by atoms with Crippen LogP contribution in [0.2, 0.25) is 0 Å². The van der Waals surface area contributed by atoms with E-state index in [1.54, 1.807) is 24.3 Å². The molecule has 1 fully saturated rings. The van der Waals surface area contributed by atoms with Crippen molar-refractivity contribution in [3.63, 3.8) is 0 Å². The van der Waals surface area contributed by atoms with Crippen molar-refractivity contribution in [1.82, 2.24) is 0 Å². The first-order valence-corrected chi connectivity index (χ1v) is 9.73. The first-order valence-electron chi connectivity index (χ1n) is 9.73. The van der Waals surface area contributed by atoms with Crippen LogP contribution in [0.1, 0.15) is 17.5 Å². The van der Waals surface area contributed by atoms with Gasteiger partial charge in [0.1, 0.15) is 36.8 Å². The van der Waals surface area contributed by atoms with Crippen molar-refractivity contribution in [3.8, 4) is 5.75 Å². The van der Waals surface area contributed by atoms with E-state index in [4.69, 9.17) is 14.2 Å². The van der Waals surface area contributed by atoms with E-state index in [1.807, 2.05) is 30.3 Å². The molecule has 0 aliphatic carbocycles. The van der Waals surface area contributed by atoms with E-state index in [0.717, 1.165) is 11.1 Å². The van der Waals surface area contributed by atoms with Crippen LogP contribution in [0.3, 0.4) is 0 Å². The van der Waals surface area contributed by atoms with Crippen molar-refractivity contribution in [2.45, 2.75) is 50.2 Å². The van der Waals surface area contributed by atoms with Gasteiger partial charge in [0.05, 0.1) is 6.61 Å². The third-order valence-electron chi connectivity index (χ3n) is 4.88. The molecule has 0 radical (unpaired) electrons. The summed E-state index contributed by atoms with van der Waals surface area (Å²) in [5.74, 6) is 0.0789. The van der Waals surface area contributed by atoms with Crippen molar-refractivity contribution in [1.29, 1.82) is 0 Å². The number of hydrogen-bond donors (Lipinski definition) is 4. The van der Waals surface area contributed by atoms with Crippen molar-refractivity contribution in [3.05, 3.63) is 65.7 Å². The molecule has 0 amide bonds. The first-order chi connectivity index (χ1) is 14.5. The summed E-state index contributed by atoms with van der Waals surface area (Å²) in [5, 5.41) is 38.9. The van der Waals surface area contributed by atoms with Crippen LogP contribution in [-0.4, -0.2) is 63.7 Å². The zero-order chi connectivity index (χ0) is 21.5. The lowest BCUT2D eigenvalue weighted by molar-refractivity contribution is -0.277. The Hall–Kier alpha value is -2.49. The maximum atomic E-state index is 11.9. The molecule has 2 aromatic rings. The number of aryl methyl sites for hydroxylation is 1. The van der Waals surface area contributed by atoms with Crippen LogP contribution in [0.4, 0.5) is 0 Å². The molecule has 5 atom stereocenters. The molecule has 3 rings (SSSR count). The van der Waals surface area contributed by atoms with Gasteiger partial charge in [0.25, 0.3) is 0 Å². The first kappa shape index (κ1) is 22.2. The van der Waals surface area contributed by atoms with Crippen molar-refractivity contribution in [2.75, 3.05) is 6.61 Å². The molecule has 0 unspecified atom stereocenters. The highest BCUT2D eigenvalue weighted by atomic mass is 16.7. The summed E-state index contributed by atoms with van der Waals surface area (Å²) < 4.78 is 16.1. The van der Waals surface area contributed by atoms with E-state index < -0.39 is 37.3 Å². The predicted octanol–water partition coefficient (Wildman–Crippen LogP) is 0.541. The number of rotatable bonds is 8. The summed E-state index contributed by atoms with van der Waals surface area (Å²) in [5.41, 5.74) is 1.83. The van der Waals surface area contributed by atoms with Gasteiger partial charge in [-0.3, -0.25) is 4.79 Å². The topological polar surface area (TPSA) is 126 Å². The number of carbonyl (C=O) groups excluding carboxylic acids is 1. The van der Waals surface area contributed by atoms with Crippen LogP contribution in [0.5, 0.6) is 5.75 Å². The van der Waals surface area contributed by atoms with Gasteiger partial charge >= 0.3 is 5.97 Å². The second-order valence-electron chi connectivity index (χ2n) is 7.11. The van der Waals surface area contributed by atoms with Crippen molar-refractivity contribution in [2.24, 2.45) is 0 Å². The molecule has 4 N–H and O–H groups in total. The molecule has 8 nitrogen and oxygen atoms in total. The standard InChI is InChI=1S/C22H26O8/c23-12-17-19(25)20(26)21(27)22(30-17)29-16-9-6-14(7-10-16)8-11-18(24)28-13-15-4-2-1-3-5-15/h1-7,9-10,17,19-23,25-27H,8,11-13H2/t17-,19+,20+,21-,22-/m1/s1. The second-order valence-corrected chi connectivity index (χ2v) is 7.11. The highest BCUT2D eigenvalue weighted by Crippen LogP contribution is 2.24. The minimum atomic E-state index is -1.50. The number of aliphatic hydroxyl groups is 4. The SMILES string of the molecule is O=C(CCc1ccc(O[C@@H]2O[C@H](CO)[C@H](O)[C@H](O)[C@H]2O)cc1)OCc1ccccc1. The van der Waals surface area contributed by atoms with Gasteiger partial charge in [-0.1, -0.05) is 42.5 Å². The Morgan fingerprint density at radius 2 is 1.60 bits per heavy atom. The smallest absolute Gasteiger partial charge is 0.306 e. The van der Waals surface area contributed by atoms with Crippen LogP contribution >= 0.6 is 0 Å². The Labute approximate surface area is 174 Å². The maximum Gasteiger partial charge on any atom is 0.306 e. The Kier molecular flexibility index (Phi) is 7.78. The number of hydrogen-bond acceptors (Lipinski definition) is 8. The number of aliphatic hydroxyl groups excluding tert-OH is 4. The predicted molar refractivity (Wildman–Crippen MR) is 105 cm³/mol. The lowest BCUT2D eigenvalue weighted by Crippen LogP contribution is -2.60. The fraction of sp³-hybridized carbons (Fsp3) is 0.409. The van der Waals surface area contributed by atoms with Gasteiger partial charge in [-0.25, -0.2) is 0 Å². The third-order valence-corrected chi connectivity index (χ3v) is 4.88. The van der Waals surface area contributed by atoms with Crippen LogP contribution in [0, 0.1) is 0 Å². The highest BCUT2D eigenvalue weighted by Gasteiger charge is 2.44. The average molecular weight is 418 g/mol. The molecule has 1 saturated heterocycles. The number of benzene rings is 2. The molecule has 0 spiro atoms. The zero-order valence-electron chi connectivity index (χ0n) is 16.3. The van der Waals surface area contributed by atoms with Gasteiger partial charge in [0, 0.05) is 6.42 Å². The van der Waals surface area contributed by atoms with Crippen LogP contribution in [0.15, 0.2) is 54.6 Å². The molecule has 1 heterocycles. The average Bonchev–Trinajstić information content (AvgIpc) is 2.78. The summed E-state index contributed by atoms with van der Waals surface area (Å²) in [6.45, 7) is -0.282. The summed E-state index contributed by atoms with van der Waals surface area (Å²) in [4.78, 5) is 11.9. The number of esters is 1. The zero-order valence-corrected chi connectivity index (χ0v) is 16.3. The maximum absolute atomic E-state index is 11.9. The van der Waals surface area contributed by atoms with E-state index >= 15 is 0 Å². The molecule has 8 heteroatoms. The Morgan fingerprint density at radius 1 is 0.900 bits per heavy atom. The molecular formula is C22H26O8. The number of ether oxygens (including phenoxy) is 3. The molecule has 30 heavy (non-hydrogen) atoms. The number of carbonyl (C=O) groups is 1. The van der Waals surface area contributed by atoms with E-state index in [9.17, 15) is 25.2 Å². The van der Waals surface area contributed by atoms with E-state index in [0.29, 0.717) is 12.2 Å². The van der Waals surface area contributed by atoms with E-state index in [-0.39, 0.29) is 19.0 Å².